The fraction of sp³-hybridized carbons (Fsp3) is 0.765. The van der Waals surface area contributed by atoms with Crippen molar-refractivity contribution in [1.82, 2.24) is 0 Å². The molecular formula is C34H61O8P. The third-order valence-corrected chi connectivity index (χ3v) is 7.77. The lowest BCUT2D eigenvalue weighted by molar-refractivity contribution is -0.161. The predicted octanol–water partition coefficient (Wildman–Crippen LogP) is 9.72. The van der Waals surface area contributed by atoms with Crippen LogP contribution in [0.4, 0.5) is 0 Å². The van der Waals surface area contributed by atoms with Gasteiger partial charge in [-0.2, -0.15) is 0 Å². The number of carbonyl (C=O) groups excluding carboxylic acids is 2. The van der Waals surface area contributed by atoms with Gasteiger partial charge < -0.3 is 14.4 Å². The summed E-state index contributed by atoms with van der Waals surface area (Å²) in [5.74, 6) is -0.837. The number of hydrogen-bond acceptors (Lipinski definition) is 7. The van der Waals surface area contributed by atoms with Crippen molar-refractivity contribution in [2.75, 3.05) is 19.8 Å². The highest BCUT2D eigenvalue weighted by atomic mass is 31.2. The Morgan fingerprint density at radius 2 is 1.19 bits per heavy atom. The predicted molar refractivity (Wildman–Crippen MR) is 175 cm³/mol. The monoisotopic (exact) mass is 628 g/mol. The Morgan fingerprint density at radius 3 is 1.79 bits per heavy atom. The van der Waals surface area contributed by atoms with E-state index in [2.05, 4.69) is 50.3 Å². The van der Waals surface area contributed by atoms with E-state index in [1.54, 1.807) is 6.92 Å². The first-order chi connectivity index (χ1) is 20.8. The van der Waals surface area contributed by atoms with Crippen LogP contribution >= 0.6 is 7.82 Å². The number of rotatable bonds is 30. The number of hydrogen-bond donors (Lipinski definition) is 1. The van der Waals surface area contributed by atoms with Gasteiger partial charge in [0.1, 0.15) is 6.61 Å². The zero-order chi connectivity index (χ0) is 31.9. The molecule has 0 rings (SSSR count). The summed E-state index contributed by atoms with van der Waals surface area (Å²) in [5, 5.41) is 0. The molecular weight excluding hydrogens is 567 g/mol. The fourth-order valence-electron chi connectivity index (χ4n) is 4.29. The van der Waals surface area contributed by atoms with Gasteiger partial charge in [-0.3, -0.25) is 18.6 Å². The third kappa shape index (κ3) is 30.1. The maximum Gasteiger partial charge on any atom is 0.472 e. The van der Waals surface area contributed by atoms with E-state index in [1.807, 2.05) is 0 Å². The molecule has 0 aromatic rings. The van der Waals surface area contributed by atoms with Crippen LogP contribution in [0, 0.1) is 0 Å². The van der Waals surface area contributed by atoms with Crippen LogP contribution in [0.3, 0.4) is 0 Å². The van der Waals surface area contributed by atoms with Gasteiger partial charge in [0.05, 0.1) is 13.2 Å². The van der Waals surface area contributed by atoms with E-state index in [4.69, 9.17) is 18.5 Å². The Hall–Kier alpha value is -1.73. The van der Waals surface area contributed by atoms with Crippen molar-refractivity contribution in [3.8, 4) is 0 Å². The molecule has 0 bridgehead atoms. The summed E-state index contributed by atoms with van der Waals surface area (Å²) < 4.78 is 32.3. The van der Waals surface area contributed by atoms with E-state index < -0.39 is 26.5 Å². The first-order valence-electron chi connectivity index (χ1n) is 16.8. The summed E-state index contributed by atoms with van der Waals surface area (Å²) in [6.45, 7) is 5.27. The van der Waals surface area contributed by atoms with Crippen molar-refractivity contribution in [3.63, 3.8) is 0 Å². The minimum absolute atomic E-state index is 0.00535. The summed E-state index contributed by atoms with van der Waals surface area (Å²) in [7, 11) is -4.27. The van der Waals surface area contributed by atoms with Crippen molar-refractivity contribution in [3.05, 3.63) is 36.5 Å². The molecule has 250 valence electrons. The van der Waals surface area contributed by atoms with E-state index in [1.165, 1.54) is 44.9 Å². The van der Waals surface area contributed by atoms with Crippen molar-refractivity contribution >= 4 is 19.8 Å². The highest BCUT2D eigenvalue weighted by Gasteiger charge is 2.25. The number of esters is 2. The van der Waals surface area contributed by atoms with Crippen LogP contribution in [0.1, 0.15) is 143 Å². The molecule has 0 aliphatic carbocycles. The molecule has 0 aromatic carbocycles. The Morgan fingerprint density at radius 1 is 0.651 bits per heavy atom. The quantitative estimate of drug-likeness (QED) is 0.0362. The minimum atomic E-state index is -4.27. The van der Waals surface area contributed by atoms with Crippen molar-refractivity contribution in [2.24, 2.45) is 0 Å². The SMILES string of the molecule is CC/C=C\C/C=C\C/C=C\CCCCCC(=O)OC(COC(=O)CCCCCCCCCCCC)COP(=O)(O)OCC. The van der Waals surface area contributed by atoms with Crippen molar-refractivity contribution in [2.45, 2.75) is 149 Å². The van der Waals surface area contributed by atoms with Crippen LogP contribution < -0.4 is 0 Å². The number of phosphoric acid groups is 1. The largest absolute Gasteiger partial charge is 0.472 e. The summed E-state index contributed by atoms with van der Waals surface area (Å²) in [5.41, 5.74) is 0. The van der Waals surface area contributed by atoms with Crippen LogP contribution in [0.25, 0.3) is 0 Å². The molecule has 43 heavy (non-hydrogen) atoms. The minimum Gasteiger partial charge on any atom is -0.462 e. The van der Waals surface area contributed by atoms with Gasteiger partial charge in [-0.1, -0.05) is 115 Å². The maximum absolute atomic E-state index is 12.4. The molecule has 0 aliphatic heterocycles. The molecule has 1 N–H and O–H groups in total. The first kappa shape index (κ1) is 41.3. The van der Waals surface area contributed by atoms with E-state index in [-0.39, 0.29) is 32.0 Å². The average Bonchev–Trinajstić information content (AvgIpc) is 2.97. The van der Waals surface area contributed by atoms with Gasteiger partial charge in [0.25, 0.3) is 0 Å². The number of ether oxygens (including phenoxy) is 2. The molecule has 2 atom stereocenters. The highest BCUT2D eigenvalue weighted by molar-refractivity contribution is 7.47. The standard InChI is InChI=1S/C34H61O8P/c1-4-7-9-11-13-15-17-18-19-21-23-25-27-29-34(36)42-32(31-41-43(37,38)40-6-3)30-39-33(35)28-26-24-22-20-16-14-12-10-8-5-2/h7,9,13,15,18-19,32H,4-6,8,10-12,14,16-17,20-31H2,1-3H3,(H,37,38)/b9-7-,15-13-,19-18-. The molecule has 2 unspecified atom stereocenters. The van der Waals surface area contributed by atoms with Crippen molar-refractivity contribution in [1.29, 1.82) is 0 Å². The smallest absolute Gasteiger partial charge is 0.462 e. The second-order valence-electron chi connectivity index (χ2n) is 10.8. The summed E-state index contributed by atoms with van der Waals surface area (Å²) in [4.78, 5) is 34.4. The van der Waals surface area contributed by atoms with Gasteiger partial charge >= 0.3 is 19.8 Å². The van der Waals surface area contributed by atoms with Crippen LogP contribution in [0.15, 0.2) is 36.5 Å². The van der Waals surface area contributed by atoms with Gasteiger partial charge in [-0.05, 0) is 51.9 Å². The molecule has 9 heteroatoms. The zero-order valence-corrected chi connectivity index (χ0v) is 28.2. The van der Waals surface area contributed by atoms with Gasteiger partial charge in [0.15, 0.2) is 6.10 Å². The Labute approximate surface area is 262 Å². The normalized spacial score (nSPS) is 14.0. The molecule has 0 aliphatic rings. The van der Waals surface area contributed by atoms with E-state index >= 15 is 0 Å². The lowest BCUT2D eigenvalue weighted by Gasteiger charge is -2.19. The summed E-state index contributed by atoms with van der Waals surface area (Å²) in [6, 6.07) is 0. The summed E-state index contributed by atoms with van der Waals surface area (Å²) >= 11 is 0. The number of allylic oxidation sites excluding steroid dienone is 6. The summed E-state index contributed by atoms with van der Waals surface area (Å²) in [6.07, 6.45) is 30.6. The lowest BCUT2D eigenvalue weighted by Crippen LogP contribution is -2.29. The number of unbranched alkanes of at least 4 members (excludes halogenated alkanes) is 12. The molecule has 0 heterocycles. The Balaban J connectivity index is 4.28. The molecule has 0 aromatic heterocycles. The second kappa shape index (κ2) is 30.3. The molecule has 0 amide bonds. The first-order valence-corrected chi connectivity index (χ1v) is 18.3. The van der Waals surface area contributed by atoms with E-state index in [0.717, 1.165) is 57.8 Å². The maximum atomic E-state index is 12.4. The number of carbonyl (C=O) groups is 2. The third-order valence-electron chi connectivity index (χ3n) is 6.71. The molecule has 0 saturated carbocycles. The molecule has 8 nitrogen and oxygen atoms in total. The Bertz CT molecular complexity index is 808. The van der Waals surface area contributed by atoms with Crippen LogP contribution in [-0.4, -0.2) is 42.8 Å². The molecule has 0 spiro atoms. The van der Waals surface area contributed by atoms with Crippen LogP contribution in [0.2, 0.25) is 0 Å². The number of phosphoric ester groups is 1. The lowest BCUT2D eigenvalue weighted by atomic mass is 10.1. The molecule has 0 radical (unpaired) electrons. The zero-order valence-electron chi connectivity index (χ0n) is 27.3. The average molecular weight is 629 g/mol. The highest BCUT2D eigenvalue weighted by Crippen LogP contribution is 2.43. The van der Waals surface area contributed by atoms with E-state index in [9.17, 15) is 19.0 Å². The van der Waals surface area contributed by atoms with Crippen molar-refractivity contribution < 1.29 is 37.6 Å². The van der Waals surface area contributed by atoms with E-state index in [0.29, 0.717) is 6.42 Å². The molecule has 0 fully saturated rings. The van der Waals surface area contributed by atoms with Crippen LogP contribution in [-0.2, 0) is 32.7 Å². The van der Waals surface area contributed by atoms with Gasteiger partial charge in [-0.25, -0.2) is 4.57 Å². The topological polar surface area (TPSA) is 108 Å². The van der Waals surface area contributed by atoms with Gasteiger partial charge in [0.2, 0.25) is 0 Å². The second-order valence-corrected chi connectivity index (χ2v) is 12.3. The fourth-order valence-corrected chi connectivity index (χ4v) is 5.04. The van der Waals surface area contributed by atoms with Gasteiger partial charge in [-0.15, -0.1) is 0 Å². The Kier molecular flexibility index (Phi) is 29.1. The molecule has 0 saturated heterocycles. The van der Waals surface area contributed by atoms with Gasteiger partial charge in [0, 0.05) is 12.8 Å². The van der Waals surface area contributed by atoms with Crippen LogP contribution in [0.5, 0.6) is 0 Å².